The van der Waals surface area contributed by atoms with E-state index >= 15 is 0 Å². The molecule has 0 radical (unpaired) electrons. The van der Waals surface area contributed by atoms with Crippen LogP contribution in [0.5, 0.6) is 0 Å². The number of ketones is 1. The molecule has 1 aliphatic rings. The number of aromatic nitrogens is 2. The lowest BCUT2D eigenvalue weighted by atomic mass is 9.75. The minimum atomic E-state index is -0.267. The van der Waals surface area contributed by atoms with Gasteiger partial charge in [-0.3, -0.25) is 4.79 Å². The first-order valence-electron chi connectivity index (χ1n) is 11.3. The van der Waals surface area contributed by atoms with Crippen LogP contribution in [0.1, 0.15) is 45.1 Å². The molecule has 0 fully saturated rings. The van der Waals surface area contributed by atoms with Crippen LogP contribution in [0.3, 0.4) is 0 Å². The number of fused-ring (bicyclic) bond motifs is 1. The number of nitrogens with zero attached hydrogens (tertiary/aromatic N) is 2. The Labute approximate surface area is 193 Å². The van der Waals surface area contributed by atoms with Gasteiger partial charge in [0, 0.05) is 30.0 Å². The standard InChI is InChI=1S/C28H26FN3O/c1-18-7-6-8-21(15-18)25(33)16-22-17-30-28-26(27(22)20-11-13-23(29)14-12-20)19(2)31-32(28)24-9-4-3-5-10-24/h3-15,22,27,30H,16-17H2,1-2H3/t22-,27-/m1/s1. The summed E-state index contributed by atoms with van der Waals surface area (Å²) in [4.78, 5) is 13.2. The van der Waals surface area contributed by atoms with Gasteiger partial charge in [-0.25, -0.2) is 9.07 Å². The minimum Gasteiger partial charge on any atom is -0.369 e. The second kappa shape index (κ2) is 8.66. The van der Waals surface area contributed by atoms with Crippen molar-refractivity contribution in [2.75, 3.05) is 11.9 Å². The summed E-state index contributed by atoms with van der Waals surface area (Å²) in [5, 5.41) is 8.39. The van der Waals surface area contributed by atoms with E-state index in [1.807, 2.05) is 85.3 Å². The predicted octanol–water partition coefficient (Wildman–Crippen LogP) is 6.07. The zero-order chi connectivity index (χ0) is 22.9. The number of anilines is 1. The Balaban J connectivity index is 1.57. The van der Waals surface area contributed by atoms with Crippen LogP contribution < -0.4 is 5.32 Å². The Morgan fingerprint density at radius 2 is 1.79 bits per heavy atom. The summed E-state index contributed by atoms with van der Waals surface area (Å²) in [5.41, 5.74) is 5.75. The fourth-order valence-corrected chi connectivity index (χ4v) is 4.89. The molecule has 1 aromatic heterocycles. The van der Waals surface area contributed by atoms with Crippen molar-refractivity contribution < 1.29 is 9.18 Å². The summed E-state index contributed by atoms with van der Waals surface area (Å²) in [6.07, 6.45) is 0.397. The van der Waals surface area contributed by atoms with E-state index in [2.05, 4.69) is 5.32 Å². The van der Waals surface area contributed by atoms with E-state index in [9.17, 15) is 9.18 Å². The average Bonchev–Trinajstić information content (AvgIpc) is 3.17. The van der Waals surface area contributed by atoms with Gasteiger partial charge in [0.1, 0.15) is 11.6 Å². The normalized spacial score (nSPS) is 17.3. The molecule has 4 nitrogen and oxygen atoms in total. The molecule has 3 aromatic carbocycles. The van der Waals surface area contributed by atoms with Crippen LogP contribution in [0.4, 0.5) is 10.2 Å². The van der Waals surface area contributed by atoms with Crippen molar-refractivity contribution in [1.29, 1.82) is 0 Å². The van der Waals surface area contributed by atoms with Crippen LogP contribution in [-0.4, -0.2) is 22.1 Å². The van der Waals surface area contributed by atoms with Gasteiger partial charge in [0.05, 0.1) is 11.4 Å². The summed E-state index contributed by atoms with van der Waals surface area (Å²) >= 11 is 0. The van der Waals surface area contributed by atoms with Gasteiger partial charge in [-0.05, 0) is 55.7 Å². The van der Waals surface area contributed by atoms with Gasteiger partial charge in [-0.2, -0.15) is 5.10 Å². The number of nitrogens with one attached hydrogen (secondary N) is 1. The van der Waals surface area contributed by atoms with Crippen LogP contribution in [0, 0.1) is 25.6 Å². The smallest absolute Gasteiger partial charge is 0.163 e. The zero-order valence-electron chi connectivity index (χ0n) is 18.8. The highest BCUT2D eigenvalue weighted by Gasteiger charge is 2.36. The van der Waals surface area contributed by atoms with Crippen molar-refractivity contribution in [3.8, 4) is 5.69 Å². The number of halogens is 1. The molecule has 166 valence electrons. The van der Waals surface area contributed by atoms with Crippen molar-refractivity contribution in [2.24, 2.45) is 5.92 Å². The maximum Gasteiger partial charge on any atom is 0.163 e. The fourth-order valence-electron chi connectivity index (χ4n) is 4.89. The van der Waals surface area contributed by atoms with E-state index in [4.69, 9.17) is 5.10 Å². The second-order valence-corrected chi connectivity index (χ2v) is 8.76. The van der Waals surface area contributed by atoms with E-state index in [1.165, 1.54) is 12.1 Å². The van der Waals surface area contributed by atoms with Crippen LogP contribution >= 0.6 is 0 Å². The Kier molecular flexibility index (Phi) is 5.55. The SMILES string of the molecule is Cc1cccc(C(=O)C[C@@H]2CNc3c(c(C)nn3-c3ccccc3)[C@@H]2c2ccc(F)cc2)c1. The van der Waals surface area contributed by atoms with E-state index in [-0.39, 0.29) is 23.4 Å². The average molecular weight is 440 g/mol. The molecule has 1 aliphatic heterocycles. The lowest BCUT2D eigenvalue weighted by molar-refractivity contribution is 0.0958. The van der Waals surface area contributed by atoms with E-state index in [0.717, 1.165) is 39.5 Å². The lowest BCUT2D eigenvalue weighted by Gasteiger charge is -2.33. The van der Waals surface area contributed by atoms with Gasteiger partial charge in [-0.15, -0.1) is 0 Å². The van der Waals surface area contributed by atoms with Crippen LogP contribution in [-0.2, 0) is 0 Å². The summed E-state index contributed by atoms with van der Waals surface area (Å²) in [5.74, 6) is 0.745. The minimum absolute atomic E-state index is 0.0168. The van der Waals surface area contributed by atoms with Gasteiger partial charge >= 0.3 is 0 Å². The van der Waals surface area contributed by atoms with Crippen molar-refractivity contribution in [3.05, 3.63) is 113 Å². The van der Waals surface area contributed by atoms with Crippen molar-refractivity contribution in [3.63, 3.8) is 0 Å². The predicted molar refractivity (Wildman–Crippen MR) is 129 cm³/mol. The van der Waals surface area contributed by atoms with Crippen LogP contribution in [0.15, 0.2) is 78.9 Å². The van der Waals surface area contributed by atoms with Gasteiger partial charge < -0.3 is 5.32 Å². The molecule has 0 saturated carbocycles. The molecule has 2 heterocycles. The van der Waals surface area contributed by atoms with Gasteiger partial charge in [0.15, 0.2) is 5.78 Å². The third kappa shape index (κ3) is 4.07. The molecule has 5 rings (SSSR count). The number of aryl methyl sites for hydroxylation is 2. The molecule has 0 bridgehead atoms. The van der Waals surface area contributed by atoms with Gasteiger partial charge in [0.25, 0.3) is 0 Å². The maximum absolute atomic E-state index is 13.7. The molecule has 2 atom stereocenters. The number of benzene rings is 3. The molecule has 0 saturated heterocycles. The molecule has 0 aliphatic carbocycles. The molecular formula is C28H26FN3O. The second-order valence-electron chi connectivity index (χ2n) is 8.76. The number of carbonyl (C=O) groups is 1. The van der Waals surface area contributed by atoms with Crippen molar-refractivity contribution in [1.82, 2.24) is 9.78 Å². The first-order valence-corrected chi connectivity index (χ1v) is 11.3. The highest BCUT2D eigenvalue weighted by Crippen LogP contribution is 2.44. The lowest BCUT2D eigenvalue weighted by Crippen LogP contribution is -2.31. The molecule has 33 heavy (non-hydrogen) atoms. The molecule has 5 heteroatoms. The largest absolute Gasteiger partial charge is 0.369 e. The topological polar surface area (TPSA) is 46.9 Å². The Hall–Kier alpha value is -3.73. The molecule has 0 unspecified atom stereocenters. The van der Waals surface area contributed by atoms with E-state index in [0.29, 0.717) is 13.0 Å². The van der Waals surface area contributed by atoms with Crippen molar-refractivity contribution >= 4 is 11.6 Å². The molecule has 0 amide bonds. The highest BCUT2D eigenvalue weighted by molar-refractivity contribution is 5.96. The van der Waals surface area contributed by atoms with Crippen molar-refractivity contribution in [2.45, 2.75) is 26.2 Å². The Bertz CT molecular complexity index is 1290. The molecule has 1 N–H and O–H groups in total. The quantitative estimate of drug-likeness (QED) is 0.384. The molecule has 4 aromatic rings. The first kappa shape index (κ1) is 21.1. The fraction of sp³-hybridized carbons (Fsp3) is 0.214. The zero-order valence-corrected chi connectivity index (χ0v) is 18.8. The summed E-state index contributed by atoms with van der Waals surface area (Å²) < 4.78 is 15.7. The number of carbonyl (C=O) groups excluding carboxylic acids is 1. The number of para-hydroxylation sites is 1. The van der Waals surface area contributed by atoms with E-state index < -0.39 is 0 Å². The number of Topliss-reactive ketones (excluding diaryl/α,β-unsaturated/α-hetero) is 1. The van der Waals surface area contributed by atoms with E-state index in [1.54, 1.807) is 0 Å². The molecular weight excluding hydrogens is 413 g/mol. The highest BCUT2D eigenvalue weighted by atomic mass is 19.1. The van der Waals surface area contributed by atoms with Crippen LogP contribution in [0.2, 0.25) is 0 Å². The third-order valence-corrected chi connectivity index (χ3v) is 6.44. The summed E-state index contributed by atoms with van der Waals surface area (Å²) in [6.45, 7) is 4.62. The number of hydrogen-bond acceptors (Lipinski definition) is 3. The molecule has 0 spiro atoms. The number of hydrogen-bond donors (Lipinski definition) is 1. The Morgan fingerprint density at radius 3 is 2.52 bits per heavy atom. The monoisotopic (exact) mass is 439 g/mol. The number of rotatable bonds is 5. The summed E-state index contributed by atoms with van der Waals surface area (Å²) in [6, 6.07) is 24.4. The third-order valence-electron chi connectivity index (χ3n) is 6.44. The first-order chi connectivity index (χ1) is 16.0. The summed E-state index contributed by atoms with van der Waals surface area (Å²) in [7, 11) is 0. The van der Waals surface area contributed by atoms with Gasteiger partial charge in [-0.1, -0.05) is 54.1 Å². The Morgan fingerprint density at radius 1 is 1.03 bits per heavy atom. The van der Waals surface area contributed by atoms with Crippen LogP contribution in [0.25, 0.3) is 5.69 Å². The maximum atomic E-state index is 13.7. The van der Waals surface area contributed by atoms with Gasteiger partial charge in [0.2, 0.25) is 0 Å².